The molecule has 124 valence electrons. The van der Waals surface area contributed by atoms with Crippen molar-refractivity contribution in [3.8, 4) is 0 Å². The van der Waals surface area contributed by atoms with Gasteiger partial charge in [0.1, 0.15) is 6.54 Å². The van der Waals surface area contributed by atoms with Crippen molar-refractivity contribution in [2.24, 2.45) is 7.05 Å². The van der Waals surface area contributed by atoms with Crippen molar-refractivity contribution in [3.05, 3.63) is 38.3 Å². The van der Waals surface area contributed by atoms with E-state index in [2.05, 4.69) is 10.2 Å². The highest BCUT2D eigenvalue weighted by molar-refractivity contribution is 6.33. The van der Waals surface area contributed by atoms with Gasteiger partial charge in [0.2, 0.25) is 5.91 Å². The Kier molecular flexibility index (Phi) is 4.69. The number of carbonyl (C=O) groups excluding carboxylic acids is 1. The molecule has 0 unspecified atom stereocenters. The number of rotatable bonds is 5. The van der Waals surface area contributed by atoms with E-state index in [0.29, 0.717) is 12.2 Å². The van der Waals surface area contributed by atoms with E-state index in [4.69, 9.17) is 11.6 Å². The van der Waals surface area contributed by atoms with E-state index in [1.807, 2.05) is 20.2 Å². The van der Waals surface area contributed by atoms with Gasteiger partial charge in [-0.2, -0.15) is 9.78 Å². The van der Waals surface area contributed by atoms with Crippen LogP contribution in [0.1, 0.15) is 17.0 Å². The molecule has 0 N–H and O–H groups in total. The molecule has 9 nitrogen and oxygen atoms in total. The molecule has 2 aromatic heterocycles. The highest BCUT2D eigenvalue weighted by Gasteiger charge is 2.25. The van der Waals surface area contributed by atoms with E-state index < -0.39 is 10.7 Å². The summed E-state index contributed by atoms with van der Waals surface area (Å²) in [6.45, 7) is 3.74. The van der Waals surface area contributed by atoms with E-state index in [-0.39, 0.29) is 17.5 Å². The Labute approximate surface area is 137 Å². The Hall–Kier alpha value is -2.42. The maximum atomic E-state index is 12.3. The molecular weight excluding hydrogens is 324 g/mol. The lowest BCUT2D eigenvalue weighted by atomic mass is 10.2. The first-order chi connectivity index (χ1) is 10.7. The molecule has 2 heterocycles. The van der Waals surface area contributed by atoms with Crippen LogP contribution in [0.25, 0.3) is 0 Å². The van der Waals surface area contributed by atoms with Crippen molar-refractivity contribution in [3.63, 3.8) is 0 Å². The Morgan fingerprint density at radius 3 is 2.57 bits per heavy atom. The van der Waals surface area contributed by atoms with Crippen LogP contribution in [-0.4, -0.2) is 42.3 Å². The standard InChI is InChI=1S/C13H17ClN6O3/c1-8-10(6-18(4)15-8)5-17(3)11(21)7-19-9(2)12(14)13(16-19)20(22)23/h6H,5,7H2,1-4H3. The van der Waals surface area contributed by atoms with Crippen LogP contribution in [0.3, 0.4) is 0 Å². The van der Waals surface area contributed by atoms with E-state index in [0.717, 1.165) is 11.3 Å². The predicted octanol–water partition coefficient (Wildman–Crippen LogP) is 1.45. The van der Waals surface area contributed by atoms with Crippen LogP contribution in [-0.2, 0) is 24.9 Å². The zero-order chi connectivity index (χ0) is 17.3. The molecule has 0 bridgehead atoms. The summed E-state index contributed by atoms with van der Waals surface area (Å²) >= 11 is 5.86. The normalized spacial score (nSPS) is 10.8. The molecule has 0 aliphatic heterocycles. The molecule has 0 spiro atoms. The summed E-state index contributed by atoms with van der Waals surface area (Å²) in [6, 6.07) is 0. The first-order valence-electron chi connectivity index (χ1n) is 6.81. The Morgan fingerprint density at radius 2 is 2.09 bits per heavy atom. The van der Waals surface area contributed by atoms with Gasteiger partial charge in [-0.25, -0.2) is 0 Å². The van der Waals surface area contributed by atoms with E-state index in [1.165, 1.54) is 9.58 Å². The molecule has 1 amide bonds. The zero-order valence-electron chi connectivity index (χ0n) is 13.3. The summed E-state index contributed by atoms with van der Waals surface area (Å²) in [5.41, 5.74) is 2.17. The van der Waals surface area contributed by atoms with Crippen molar-refractivity contribution in [2.45, 2.75) is 26.9 Å². The van der Waals surface area contributed by atoms with Gasteiger partial charge < -0.3 is 15.0 Å². The lowest BCUT2D eigenvalue weighted by Gasteiger charge is -2.16. The van der Waals surface area contributed by atoms with Crippen LogP contribution in [0.5, 0.6) is 0 Å². The van der Waals surface area contributed by atoms with E-state index in [1.54, 1.807) is 18.7 Å². The van der Waals surface area contributed by atoms with Crippen LogP contribution in [0.4, 0.5) is 5.82 Å². The van der Waals surface area contributed by atoms with Gasteiger partial charge in [0.25, 0.3) is 0 Å². The molecule has 0 aromatic carbocycles. The summed E-state index contributed by atoms with van der Waals surface area (Å²) in [5, 5.41) is 18.8. The van der Waals surface area contributed by atoms with Gasteiger partial charge in [-0.3, -0.25) is 9.48 Å². The molecule has 23 heavy (non-hydrogen) atoms. The maximum Gasteiger partial charge on any atom is 0.408 e. The fourth-order valence-corrected chi connectivity index (χ4v) is 2.38. The second-order valence-corrected chi connectivity index (χ2v) is 5.68. The number of nitro groups is 1. The summed E-state index contributed by atoms with van der Waals surface area (Å²) in [5.74, 6) is -0.673. The van der Waals surface area contributed by atoms with Gasteiger partial charge in [-0.05, 0) is 18.8 Å². The second kappa shape index (κ2) is 6.37. The van der Waals surface area contributed by atoms with Crippen molar-refractivity contribution < 1.29 is 9.72 Å². The summed E-state index contributed by atoms with van der Waals surface area (Å²) < 4.78 is 2.93. The van der Waals surface area contributed by atoms with Gasteiger partial charge in [0.05, 0.1) is 16.5 Å². The molecule has 2 rings (SSSR count). The van der Waals surface area contributed by atoms with E-state index >= 15 is 0 Å². The zero-order valence-corrected chi connectivity index (χ0v) is 14.0. The Morgan fingerprint density at radius 1 is 1.43 bits per heavy atom. The minimum Gasteiger partial charge on any atom is -0.358 e. The molecular formula is C13H17ClN6O3. The molecule has 0 saturated heterocycles. The first-order valence-corrected chi connectivity index (χ1v) is 7.19. The third-order valence-electron chi connectivity index (χ3n) is 3.52. The van der Waals surface area contributed by atoms with Crippen LogP contribution in [0.15, 0.2) is 6.20 Å². The largest absolute Gasteiger partial charge is 0.408 e. The van der Waals surface area contributed by atoms with Crippen molar-refractivity contribution in [1.29, 1.82) is 0 Å². The quantitative estimate of drug-likeness (QED) is 0.606. The topological polar surface area (TPSA) is 99.1 Å². The minimum atomic E-state index is -0.668. The number of likely N-dealkylation sites (N-methyl/N-ethyl adjacent to an activating group) is 1. The summed E-state index contributed by atoms with van der Waals surface area (Å²) in [6.07, 6.45) is 1.85. The average molecular weight is 341 g/mol. The molecule has 10 heteroatoms. The van der Waals surface area contributed by atoms with Crippen LogP contribution in [0, 0.1) is 24.0 Å². The average Bonchev–Trinajstić information content (AvgIpc) is 2.92. The lowest BCUT2D eigenvalue weighted by molar-refractivity contribution is -0.389. The number of aromatic nitrogens is 4. The molecule has 2 aromatic rings. The fraction of sp³-hybridized carbons (Fsp3) is 0.462. The Balaban J connectivity index is 2.11. The van der Waals surface area contributed by atoms with Gasteiger partial charge in [-0.1, -0.05) is 11.6 Å². The molecule has 0 fully saturated rings. The van der Waals surface area contributed by atoms with Gasteiger partial charge in [-0.15, -0.1) is 0 Å². The number of aryl methyl sites for hydroxylation is 2. The number of carbonyl (C=O) groups is 1. The number of amides is 1. The van der Waals surface area contributed by atoms with Gasteiger partial charge in [0, 0.05) is 32.4 Å². The smallest absolute Gasteiger partial charge is 0.358 e. The molecule has 0 aliphatic carbocycles. The maximum absolute atomic E-state index is 12.3. The second-order valence-electron chi connectivity index (χ2n) is 5.30. The van der Waals surface area contributed by atoms with Crippen LogP contribution in [0.2, 0.25) is 5.02 Å². The molecule has 0 radical (unpaired) electrons. The third kappa shape index (κ3) is 3.50. The number of hydrogen-bond acceptors (Lipinski definition) is 5. The fourth-order valence-electron chi connectivity index (χ4n) is 2.18. The third-order valence-corrected chi connectivity index (χ3v) is 3.97. The summed E-state index contributed by atoms with van der Waals surface area (Å²) in [4.78, 5) is 24.0. The molecule has 0 aliphatic rings. The van der Waals surface area contributed by atoms with Gasteiger partial charge in [0.15, 0.2) is 5.02 Å². The highest BCUT2D eigenvalue weighted by atomic mass is 35.5. The van der Waals surface area contributed by atoms with Gasteiger partial charge >= 0.3 is 5.82 Å². The number of hydrogen-bond donors (Lipinski definition) is 0. The van der Waals surface area contributed by atoms with Crippen molar-refractivity contribution in [2.75, 3.05) is 7.05 Å². The predicted molar refractivity (Wildman–Crippen MR) is 83.0 cm³/mol. The van der Waals surface area contributed by atoms with Crippen LogP contribution >= 0.6 is 11.6 Å². The van der Waals surface area contributed by atoms with E-state index in [9.17, 15) is 14.9 Å². The SMILES string of the molecule is Cc1nn(C)cc1CN(C)C(=O)Cn1nc([N+](=O)[O-])c(Cl)c1C. The van der Waals surface area contributed by atoms with Crippen LogP contribution < -0.4 is 0 Å². The first kappa shape index (κ1) is 16.9. The molecule has 0 saturated carbocycles. The molecule has 0 atom stereocenters. The monoisotopic (exact) mass is 340 g/mol. The van der Waals surface area contributed by atoms with Crippen molar-refractivity contribution in [1.82, 2.24) is 24.5 Å². The number of halogens is 1. The highest BCUT2D eigenvalue weighted by Crippen LogP contribution is 2.26. The minimum absolute atomic E-state index is 0.0476. The Bertz CT molecular complexity index is 766. The summed E-state index contributed by atoms with van der Waals surface area (Å²) in [7, 11) is 3.47. The van der Waals surface area contributed by atoms with Crippen molar-refractivity contribution >= 4 is 23.3 Å². The lowest BCUT2D eigenvalue weighted by Crippen LogP contribution is -2.30. The number of nitrogens with zero attached hydrogens (tertiary/aromatic N) is 6.